The smallest absolute Gasteiger partial charge is 0.235 e. The fourth-order valence-corrected chi connectivity index (χ4v) is 9.25. The molecule has 0 fully saturated rings. The summed E-state index contributed by atoms with van der Waals surface area (Å²) in [6.45, 7) is 0. The van der Waals surface area contributed by atoms with E-state index in [0.717, 1.165) is 93.7 Å². The number of para-hydroxylation sites is 5. The molecule has 13 aromatic rings. The zero-order valence-electron chi connectivity index (χ0n) is 29.8. The van der Waals surface area contributed by atoms with Crippen molar-refractivity contribution in [3.63, 3.8) is 0 Å². The molecule has 13 rings (SSSR count). The van der Waals surface area contributed by atoms with Crippen molar-refractivity contribution in [2.75, 3.05) is 0 Å². The van der Waals surface area contributed by atoms with E-state index in [0.29, 0.717) is 5.95 Å². The molecule has 56 heavy (non-hydrogen) atoms. The topological polar surface area (TPSA) is 61.9 Å². The summed E-state index contributed by atoms with van der Waals surface area (Å²) in [5.74, 6) is 0.615. The van der Waals surface area contributed by atoms with Crippen molar-refractivity contribution in [3.05, 3.63) is 170 Å². The van der Waals surface area contributed by atoms with Crippen LogP contribution in [0.15, 0.2) is 179 Å². The Morgan fingerprint density at radius 2 is 0.982 bits per heavy atom. The average molecular weight is 717 g/mol. The first-order chi connectivity index (χ1) is 27.8. The second kappa shape index (κ2) is 10.9. The summed E-state index contributed by atoms with van der Waals surface area (Å²) >= 11 is 0. The van der Waals surface area contributed by atoms with Gasteiger partial charge in [0, 0.05) is 54.3 Å². The molecule has 260 valence electrons. The molecular weight excluding hydrogens is 689 g/mol. The van der Waals surface area contributed by atoms with Crippen LogP contribution in [-0.4, -0.2) is 19.1 Å². The molecular formula is C50H28N4O2. The van der Waals surface area contributed by atoms with Crippen molar-refractivity contribution in [1.29, 1.82) is 0 Å². The first-order valence-electron chi connectivity index (χ1n) is 18.8. The summed E-state index contributed by atoms with van der Waals surface area (Å²) in [5.41, 5.74) is 11.5. The van der Waals surface area contributed by atoms with E-state index in [-0.39, 0.29) is 0 Å². The molecule has 0 saturated carbocycles. The van der Waals surface area contributed by atoms with Gasteiger partial charge in [0.2, 0.25) is 5.95 Å². The van der Waals surface area contributed by atoms with Gasteiger partial charge in [0.1, 0.15) is 22.3 Å². The van der Waals surface area contributed by atoms with Gasteiger partial charge in [0.25, 0.3) is 0 Å². The third-order valence-electron chi connectivity index (χ3n) is 11.5. The highest BCUT2D eigenvalue weighted by atomic mass is 16.3. The number of benzene rings is 8. The lowest BCUT2D eigenvalue weighted by Gasteiger charge is -2.12. The zero-order valence-corrected chi connectivity index (χ0v) is 29.8. The molecule has 6 heteroatoms. The molecule has 8 aromatic carbocycles. The van der Waals surface area contributed by atoms with Crippen molar-refractivity contribution in [2.45, 2.75) is 0 Å². The van der Waals surface area contributed by atoms with Gasteiger partial charge in [0.05, 0.1) is 38.7 Å². The maximum atomic E-state index is 6.72. The Morgan fingerprint density at radius 1 is 0.357 bits per heavy atom. The molecule has 0 N–H and O–H groups in total. The normalized spacial score (nSPS) is 12.3. The van der Waals surface area contributed by atoms with Crippen LogP contribution in [0.3, 0.4) is 0 Å². The largest absolute Gasteiger partial charge is 0.456 e. The first kappa shape index (κ1) is 29.7. The molecule has 0 atom stereocenters. The van der Waals surface area contributed by atoms with Crippen molar-refractivity contribution < 1.29 is 8.83 Å². The van der Waals surface area contributed by atoms with Gasteiger partial charge in [-0.25, -0.2) is 9.97 Å². The lowest BCUT2D eigenvalue weighted by atomic mass is 9.99. The fourth-order valence-electron chi connectivity index (χ4n) is 9.25. The lowest BCUT2D eigenvalue weighted by Crippen LogP contribution is -2.03. The summed E-state index contributed by atoms with van der Waals surface area (Å²) in [6, 6.07) is 59.3. The van der Waals surface area contributed by atoms with Crippen LogP contribution in [-0.2, 0) is 0 Å². The average Bonchev–Trinajstić information content (AvgIpc) is 4.01. The standard InChI is InChI=1S/C50H28N4O2/c1-2-13-29(14-3-1)53-37-21-9-5-16-31(37)45-39(53)26-27-40-46(45)32-17-6-10-22-38(32)54(40)50-51-36-20-8-4-15-30(36)48(52-50)34-19-12-24-42-44(34)35-25-28-43-47(49(35)56-42)33-18-7-11-23-41(33)55-43/h1-28H. The molecule has 0 unspecified atom stereocenters. The first-order valence-corrected chi connectivity index (χ1v) is 18.8. The molecule has 6 nitrogen and oxygen atoms in total. The van der Waals surface area contributed by atoms with Crippen molar-refractivity contribution in [1.82, 2.24) is 19.1 Å². The van der Waals surface area contributed by atoms with E-state index in [1.165, 1.54) is 21.7 Å². The highest BCUT2D eigenvalue weighted by Gasteiger charge is 2.24. The second-order valence-corrected chi connectivity index (χ2v) is 14.5. The number of aromatic nitrogens is 4. The van der Waals surface area contributed by atoms with E-state index >= 15 is 0 Å². The van der Waals surface area contributed by atoms with E-state index in [9.17, 15) is 0 Å². The summed E-state index contributed by atoms with van der Waals surface area (Å²) in [7, 11) is 0. The third-order valence-corrected chi connectivity index (χ3v) is 11.5. The van der Waals surface area contributed by atoms with E-state index in [4.69, 9.17) is 18.8 Å². The number of hydrogen-bond acceptors (Lipinski definition) is 4. The summed E-state index contributed by atoms with van der Waals surface area (Å²) < 4.78 is 17.6. The zero-order chi connectivity index (χ0) is 36.5. The van der Waals surface area contributed by atoms with Crippen LogP contribution in [0.4, 0.5) is 0 Å². The quantitative estimate of drug-likeness (QED) is 0.183. The van der Waals surface area contributed by atoms with E-state index in [1.54, 1.807) is 0 Å². The molecule has 0 bridgehead atoms. The highest BCUT2D eigenvalue weighted by molar-refractivity contribution is 6.29. The fraction of sp³-hybridized carbons (Fsp3) is 0. The summed E-state index contributed by atoms with van der Waals surface area (Å²) in [6.07, 6.45) is 0. The van der Waals surface area contributed by atoms with E-state index in [1.807, 2.05) is 30.3 Å². The Hall–Kier alpha value is -7.70. The van der Waals surface area contributed by atoms with Crippen LogP contribution < -0.4 is 0 Å². The minimum absolute atomic E-state index is 0.615. The number of furan rings is 2. The Kier molecular flexibility index (Phi) is 5.80. The molecule has 0 spiro atoms. The molecule has 0 aliphatic carbocycles. The third kappa shape index (κ3) is 3.89. The Labute approximate surface area is 318 Å². The maximum absolute atomic E-state index is 6.72. The molecule has 5 heterocycles. The molecule has 0 radical (unpaired) electrons. The van der Waals surface area contributed by atoms with Crippen LogP contribution >= 0.6 is 0 Å². The van der Waals surface area contributed by atoms with Crippen molar-refractivity contribution >= 4 is 98.4 Å². The van der Waals surface area contributed by atoms with Gasteiger partial charge in [0.15, 0.2) is 0 Å². The highest BCUT2D eigenvalue weighted by Crippen LogP contribution is 2.45. The number of fused-ring (bicyclic) bond motifs is 15. The Morgan fingerprint density at radius 3 is 1.79 bits per heavy atom. The van der Waals surface area contributed by atoms with Gasteiger partial charge in [-0.2, -0.15) is 0 Å². The number of hydrogen-bond donors (Lipinski definition) is 0. The van der Waals surface area contributed by atoms with Crippen LogP contribution in [0.1, 0.15) is 0 Å². The SMILES string of the molecule is c1ccc(-n2c3ccccc3c3c4c5ccccc5n(-c5nc(-c6cccc7oc8c(ccc9oc%10ccccc%10c98)c67)c6ccccc6n5)c4ccc32)cc1. The minimum atomic E-state index is 0.615. The van der Waals surface area contributed by atoms with Crippen LogP contribution in [0.25, 0.3) is 121 Å². The van der Waals surface area contributed by atoms with Crippen LogP contribution in [0, 0.1) is 0 Å². The predicted molar refractivity (Wildman–Crippen MR) is 228 cm³/mol. The monoisotopic (exact) mass is 716 g/mol. The number of nitrogens with zero attached hydrogens (tertiary/aromatic N) is 4. The predicted octanol–water partition coefficient (Wildman–Crippen LogP) is 13.3. The summed E-state index contributed by atoms with van der Waals surface area (Å²) in [4.78, 5) is 10.8. The molecule has 5 aromatic heterocycles. The molecule has 0 aliphatic rings. The lowest BCUT2D eigenvalue weighted by molar-refractivity contribution is 0.663. The Balaban J connectivity index is 1.13. The summed E-state index contributed by atoms with van der Waals surface area (Å²) in [5, 5.41) is 9.79. The molecule has 0 aliphatic heterocycles. The number of rotatable bonds is 3. The minimum Gasteiger partial charge on any atom is -0.456 e. The van der Waals surface area contributed by atoms with Gasteiger partial charge in [-0.3, -0.25) is 4.57 Å². The van der Waals surface area contributed by atoms with E-state index in [2.05, 4.69) is 149 Å². The van der Waals surface area contributed by atoms with Crippen LogP contribution in [0.2, 0.25) is 0 Å². The van der Waals surface area contributed by atoms with Gasteiger partial charge in [-0.05, 0) is 66.7 Å². The Bertz CT molecular complexity index is 3770. The van der Waals surface area contributed by atoms with Crippen molar-refractivity contribution in [3.8, 4) is 22.9 Å². The van der Waals surface area contributed by atoms with Gasteiger partial charge in [-0.1, -0.05) is 103 Å². The van der Waals surface area contributed by atoms with Gasteiger partial charge in [-0.15, -0.1) is 0 Å². The van der Waals surface area contributed by atoms with Crippen molar-refractivity contribution in [2.24, 2.45) is 0 Å². The van der Waals surface area contributed by atoms with Gasteiger partial charge < -0.3 is 13.4 Å². The maximum Gasteiger partial charge on any atom is 0.235 e. The second-order valence-electron chi connectivity index (χ2n) is 14.5. The van der Waals surface area contributed by atoms with Gasteiger partial charge >= 0.3 is 0 Å². The molecule has 0 amide bonds. The van der Waals surface area contributed by atoms with E-state index < -0.39 is 0 Å². The molecule has 0 saturated heterocycles. The van der Waals surface area contributed by atoms with Crippen LogP contribution in [0.5, 0.6) is 0 Å².